The minimum absolute atomic E-state index is 0.220. The molecule has 0 radical (unpaired) electrons. The van der Waals surface area contributed by atoms with E-state index in [1.54, 1.807) is 12.1 Å². The molecule has 0 aliphatic carbocycles. The summed E-state index contributed by atoms with van der Waals surface area (Å²) in [6.45, 7) is 1.27. The van der Waals surface area contributed by atoms with E-state index in [9.17, 15) is 18.5 Å². The van der Waals surface area contributed by atoms with Gasteiger partial charge in [0.1, 0.15) is 4.90 Å². The molecule has 1 aliphatic heterocycles. The van der Waals surface area contributed by atoms with E-state index in [-0.39, 0.29) is 15.8 Å². The van der Waals surface area contributed by atoms with Crippen LogP contribution in [-0.4, -0.2) is 38.1 Å². The number of benzene rings is 1. The molecule has 110 valence electrons. The van der Waals surface area contributed by atoms with Crippen molar-refractivity contribution < 1.29 is 18.1 Å². The zero-order chi connectivity index (χ0) is 14.8. The van der Waals surface area contributed by atoms with Crippen LogP contribution in [0.5, 0.6) is 0 Å². The highest BCUT2D eigenvalue weighted by Gasteiger charge is 2.28. The summed E-state index contributed by atoms with van der Waals surface area (Å²) in [5.74, 6) is 0. The second-order valence-electron chi connectivity index (χ2n) is 4.56. The molecule has 6 nitrogen and oxygen atoms in total. The van der Waals surface area contributed by atoms with Gasteiger partial charge in [-0.2, -0.15) is 0 Å². The fraction of sp³-hybridized carbons (Fsp3) is 0.500. The molecule has 0 amide bonds. The van der Waals surface area contributed by atoms with E-state index >= 15 is 0 Å². The molecule has 0 bridgehead atoms. The van der Waals surface area contributed by atoms with Crippen LogP contribution in [0.25, 0.3) is 0 Å². The summed E-state index contributed by atoms with van der Waals surface area (Å²) >= 11 is 1.36. The third kappa shape index (κ3) is 3.50. The van der Waals surface area contributed by atoms with E-state index in [4.69, 9.17) is 4.74 Å². The topological polar surface area (TPSA) is 86.5 Å². The van der Waals surface area contributed by atoms with Crippen LogP contribution in [-0.2, 0) is 14.6 Å². The lowest BCUT2D eigenvalue weighted by Crippen LogP contribution is -2.17. The van der Waals surface area contributed by atoms with Crippen LogP contribution in [0.2, 0.25) is 0 Å². The number of hydrogen-bond acceptors (Lipinski definition) is 6. The van der Waals surface area contributed by atoms with Crippen LogP contribution in [0.1, 0.15) is 12.8 Å². The summed E-state index contributed by atoms with van der Waals surface area (Å²) in [5, 5.41) is 11.5. The van der Waals surface area contributed by atoms with Crippen molar-refractivity contribution in [3.05, 3.63) is 28.3 Å². The van der Waals surface area contributed by atoms with Crippen LogP contribution in [0.3, 0.4) is 0 Å². The van der Waals surface area contributed by atoms with Gasteiger partial charge < -0.3 is 4.74 Å². The second-order valence-corrected chi connectivity index (χ2v) is 7.89. The van der Waals surface area contributed by atoms with Gasteiger partial charge in [-0.15, -0.1) is 11.8 Å². The van der Waals surface area contributed by atoms with E-state index in [1.165, 1.54) is 17.8 Å². The van der Waals surface area contributed by atoms with Crippen molar-refractivity contribution in [2.24, 2.45) is 0 Å². The van der Waals surface area contributed by atoms with E-state index < -0.39 is 14.8 Å². The molecule has 1 heterocycles. The predicted molar refractivity (Wildman–Crippen MR) is 75.9 cm³/mol. The molecule has 1 saturated heterocycles. The highest BCUT2D eigenvalue weighted by atomic mass is 32.2. The van der Waals surface area contributed by atoms with E-state index in [2.05, 4.69) is 0 Å². The standard InChI is InChI=1S/C12H15NO5S2/c1-20(16,17)11-4-2-3-10(12(11)13(14)15)19-9-5-7-18-8-6-9/h2-4,9H,5-8H2,1H3. The molecule has 0 N–H and O–H groups in total. The van der Waals surface area contributed by atoms with Crippen molar-refractivity contribution in [1.82, 2.24) is 0 Å². The fourth-order valence-corrected chi connectivity index (χ4v) is 4.22. The normalized spacial score (nSPS) is 17.1. The third-order valence-corrected chi connectivity index (χ3v) is 5.52. The average Bonchev–Trinajstić information content (AvgIpc) is 2.38. The third-order valence-electron chi connectivity index (χ3n) is 3.01. The summed E-state index contributed by atoms with van der Waals surface area (Å²) in [5.41, 5.74) is -0.313. The molecule has 0 atom stereocenters. The molecule has 1 fully saturated rings. The van der Waals surface area contributed by atoms with Crippen molar-refractivity contribution in [2.45, 2.75) is 27.9 Å². The number of nitro benzene ring substituents is 1. The number of thioether (sulfide) groups is 1. The lowest BCUT2D eigenvalue weighted by Gasteiger charge is -2.21. The Hall–Kier alpha value is -1.12. The van der Waals surface area contributed by atoms with Crippen molar-refractivity contribution in [3.8, 4) is 0 Å². The van der Waals surface area contributed by atoms with Crippen molar-refractivity contribution in [1.29, 1.82) is 0 Å². The average molecular weight is 317 g/mol. The minimum Gasteiger partial charge on any atom is -0.381 e. The molecule has 1 aliphatic rings. The molecule has 0 spiro atoms. The zero-order valence-corrected chi connectivity index (χ0v) is 12.6. The van der Waals surface area contributed by atoms with Gasteiger partial charge in [0.25, 0.3) is 0 Å². The molecule has 1 aromatic rings. The van der Waals surface area contributed by atoms with E-state index in [1.807, 2.05) is 0 Å². The van der Waals surface area contributed by atoms with Crippen molar-refractivity contribution >= 4 is 27.3 Å². The highest BCUT2D eigenvalue weighted by molar-refractivity contribution is 8.00. The van der Waals surface area contributed by atoms with Gasteiger partial charge in [-0.05, 0) is 25.0 Å². The maximum absolute atomic E-state index is 11.7. The molecule has 0 saturated carbocycles. The molecule has 1 aromatic carbocycles. The SMILES string of the molecule is CS(=O)(=O)c1cccc(SC2CCOCC2)c1[N+](=O)[O-]. The first-order valence-electron chi connectivity index (χ1n) is 6.11. The number of sulfone groups is 1. The first-order valence-corrected chi connectivity index (χ1v) is 8.88. The highest BCUT2D eigenvalue weighted by Crippen LogP contribution is 2.39. The van der Waals surface area contributed by atoms with Crippen molar-refractivity contribution in [2.75, 3.05) is 19.5 Å². The summed E-state index contributed by atoms with van der Waals surface area (Å²) < 4.78 is 28.6. The Morgan fingerprint density at radius 1 is 1.35 bits per heavy atom. The first kappa shape index (κ1) is 15.3. The summed E-state index contributed by atoms with van der Waals surface area (Å²) in [7, 11) is -3.62. The number of hydrogen-bond donors (Lipinski definition) is 0. The zero-order valence-electron chi connectivity index (χ0n) is 10.9. The smallest absolute Gasteiger partial charge is 0.301 e. The van der Waals surface area contributed by atoms with Gasteiger partial charge in [-0.25, -0.2) is 8.42 Å². The quantitative estimate of drug-likeness (QED) is 0.625. The molecule has 8 heteroatoms. The molecule has 20 heavy (non-hydrogen) atoms. The van der Waals surface area contributed by atoms with E-state index in [0.29, 0.717) is 18.1 Å². The number of rotatable bonds is 4. The largest absolute Gasteiger partial charge is 0.381 e. The summed E-state index contributed by atoms with van der Waals surface area (Å²) in [6.07, 6.45) is 2.61. The van der Waals surface area contributed by atoms with Gasteiger partial charge in [-0.3, -0.25) is 10.1 Å². The van der Waals surface area contributed by atoms with Crippen LogP contribution in [0, 0.1) is 10.1 Å². The van der Waals surface area contributed by atoms with Crippen LogP contribution in [0.4, 0.5) is 5.69 Å². The van der Waals surface area contributed by atoms with Gasteiger partial charge in [0.15, 0.2) is 9.84 Å². The molecule has 0 aromatic heterocycles. The first-order chi connectivity index (χ1) is 9.39. The fourth-order valence-electron chi connectivity index (χ4n) is 2.05. The summed E-state index contributed by atoms with van der Waals surface area (Å²) in [4.78, 5) is 10.8. The van der Waals surface area contributed by atoms with Gasteiger partial charge in [0.2, 0.25) is 0 Å². The molecule has 0 unspecified atom stereocenters. The Bertz CT molecular complexity index is 608. The maximum Gasteiger partial charge on any atom is 0.301 e. The lowest BCUT2D eigenvalue weighted by atomic mass is 10.2. The Labute approximate surface area is 121 Å². The van der Waals surface area contributed by atoms with E-state index in [0.717, 1.165) is 19.1 Å². The maximum atomic E-state index is 11.7. The monoisotopic (exact) mass is 317 g/mol. The molecular weight excluding hydrogens is 302 g/mol. The Balaban J connectivity index is 2.39. The number of nitro groups is 1. The van der Waals surface area contributed by atoms with Gasteiger partial charge >= 0.3 is 5.69 Å². The number of ether oxygens (including phenoxy) is 1. The number of nitrogens with zero attached hydrogens (tertiary/aromatic N) is 1. The number of para-hydroxylation sites is 1. The summed E-state index contributed by atoms with van der Waals surface area (Å²) in [6, 6.07) is 4.43. The minimum atomic E-state index is -3.62. The Morgan fingerprint density at radius 3 is 2.55 bits per heavy atom. The van der Waals surface area contributed by atoms with Gasteiger partial charge in [0, 0.05) is 24.7 Å². The van der Waals surface area contributed by atoms with Crippen LogP contribution >= 0.6 is 11.8 Å². The molecular formula is C12H15NO5S2. The second kappa shape index (κ2) is 6.11. The lowest BCUT2D eigenvalue weighted by molar-refractivity contribution is -0.390. The van der Waals surface area contributed by atoms with Crippen LogP contribution < -0.4 is 0 Å². The Morgan fingerprint density at radius 2 is 2.00 bits per heavy atom. The molecule has 2 rings (SSSR count). The van der Waals surface area contributed by atoms with Gasteiger partial charge in [0.05, 0.1) is 9.82 Å². The van der Waals surface area contributed by atoms with Crippen LogP contribution in [0.15, 0.2) is 28.0 Å². The van der Waals surface area contributed by atoms with Gasteiger partial charge in [-0.1, -0.05) is 6.07 Å². The predicted octanol–water partition coefficient (Wildman–Crippen LogP) is 2.27. The van der Waals surface area contributed by atoms with Crippen molar-refractivity contribution in [3.63, 3.8) is 0 Å². The Kier molecular flexibility index (Phi) is 4.66.